The highest BCUT2D eigenvalue weighted by Crippen LogP contribution is 2.42. The van der Waals surface area contributed by atoms with Gasteiger partial charge in [-0.1, -0.05) is 57.0 Å². The lowest BCUT2D eigenvalue weighted by molar-refractivity contribution is -0.122. The van der Waals surface area contributed by atoms with E-state index in [0.717, 1.165) is 43.9 Å². The standard InChI is InChI=1S/C24H38ClN3O2/c1-17(2)22(26-23(29)19-6-5-12-28(30)14-19)15-27-13-11-21(24(3,4)16-27)18-7-9-20(25)10-8-18/h6-7,9,17,21-22,30H,5,8,10-16H2,1-4H3,(H,26,29)/t21?,22-/m0/s1. The number of likely N-dealkylation sites (tertiary alicyclic amines) is 1. The van der Waals surface area contributed by atoms with Crippen LogP contribution in [0.1, 0.15) is 53.4 Å². The van der Waals surface area contributed by atoms with Crippen LogP contribution in [0.25, 0.3) is 0 Å². The number of hydrogen-bond acceptors (Lipinski definition) is 4. The second-order valence-corrected chi connectivity index (χ2v) is 10.6. The summed E-state index contributed by atoms with van der Waals surface area (Å²) in [4.78, 5) is 15.3. The zero-order valence-electron chi connectivity index (χ0n) is 19.0. The van der Waals surface area contributed by atoms with Crippen LogP contribution in [0, 0.1) is 17.3 Å². The number of amides is 1. The van der Waals surface area contributed by atoms with Crippen molar-refractivity contribution in [2.24, 2.45) is 17.3 Å². The molecule has 2 aliphatic heterocycles. The minimum atomic E-state index is -0.0439. The number of halogens is 1. The molecule has 1 saturated heterocycles. The van der Waals surface area contributed by atoms with Crippen LogP contribution in [0.3, 0.4) is 0 Å². The van der Waals surface area contributed by atoms with Gasteiger partial charge in [0.2, 0.25) is 5.91 Å². The highest BCUT2D eigenvalue weighted by atomic mass is 35.5. The molecular weight excluding hydrogens is 398 g/mol. The molecule has 2 heterocycles. The minimum absolute atomic E-state index is 0.0439. The zero-order valence-corrected chi connectivity index (χ0v) is 19.7. The van der Waals surface area contributed by atoms with Gasteiger partial charge in [0.05, 0.1) is 6.54 Å². The number of carbonyl (C=O) groups excluding carboxylic acids is 1. The Morgan fingerprint density at radius 2 is 2.07 bits per heavy atom. The Hall–Kier alpha value is -1.14. The average molecular weight is 436 g/mol. The largest absolute Gasteiger partial charge is 0.348 e. The van der Waals surface area contributed by atoms with Crippen molar-refractivity contribution in [1.82, 2.24) is 15.3 Å². The molecule has 30 heavy (non-hydrogen) atoms. The molecule has 0 aromatic heterocycles. The van der Waals surface area contributed by atoms with E-state index in [2.05, 4.69) is 50.1 Å². The van der Waals surface area contributed by atoms with Gasteiger partial charge >= 0.3 is 0 Å². The van der Waals surface area contributed by atoms with Gasteiger partial charge in [-0.15, -0.1) is 0 Å². The van der Waals surface area contributed by atoms with Crippen molar-refractivity contribution in [1.29, 1.82) is 0 Å². The van der Waals surface area contributed by atoms with Crippen molar-refractivity contribution in [2.75, 3.05) is 32.7 Å². The van der Waals surface area contributed by atoms with Gasteiger partial charge < -0.3 is 15.4 Å². The van der Waals surface area contributed by atoms with E-state index in [4.69, 9.17) is 11.6 Å². The van der Waals surface area contributed by atoms with Crippen molar-refractivity contribution in [3.63, 3.8) is 0 Å². The van der Waals surface area contributed by atoms with E-state index in [1.807, 2.05) is 6.08 Å². The maximum Gasteiger partial charge on any atom is 0.248 e. The van der Waals surface area contributed by atoms with Crippen LogP contribution in [0.4, 0.5) is 0 Å². The lowest BCUT2D eigenvalue weighted by Crippen LogP contribution is -2.53. The Kier molecular flexibility index (Phi) is 7.83. The number of hydrogen-bond donors (Lipinski definition) is 2. The van der Waals surface area contributed by atoms with E-state index in [1.165, 1.54) is 10.6 Å². The molecule has 0 radical (unpaired) electrons. The average Bonchev–Trinajstić information content (AvgIpc) is 2.67. The number of allylic oxidation sites excluding steroid dienone is 4. The van der Waals surface area contributed by atoms with Crippen LogP contribution < -0.4 is 5.32 Å². The Bertz CT molecular complexity index is 726. The fourth-order valence-corrected chi connectivity index (χ4v) is 5.24. The van der Waals surface area contributed by atoms with Crippen molar-refractivity contribution < 1.29 is 10.0 Å². The summed E-state index contributed by atoms with van der Waals surface area (Å²) in [6.45, 7) is 12.9. The molecule has 1 fully saturated rings. The van der Waals surface area contributed by atoms with E-state index < -0.39 is 0 Å². The molecule has 1 amide bonds. The third-order valence-electron chi connectivity index (χ3n) is 6.89. The van der Waals surface area contributed by atoms with E-state index in [0.29, 0.717) is 36.9 Å². The summed E-state index contributed by atoms with van der Waals surface area (Å²) in [5.41, 5.74) is 2.40. The first-order valence-corrected chi connectivity index (χ1v) is 11.7. The molecule has 2 N–H and O–H groups in total. The molecule has 2 atom stereocenters. The summed E-state index contributed by atoms with van der Waals surface area (Å²) in [5.74, 6) is 0.889. The predicted molar refractivity (Wildman–Crippen MR) is 122 cm³/mol. The summed E-state index contributed by atoms with van der Waals surface area (Å²) in [7, 11) is 0. The topological polar surface area (TPSA) is 55.8 Å². The summed E-state index contributed by atoms with van der Waals surface area (Å²) >= 11 is 6.16. The molecule has 1 aliphatic carbocycles. The normalized spacial score (nSPS) is 26.6. The number of hydroxylamine groups is 2. The molecule has 0 bridgehead atoms. The van der Waals surface area contributed by atoms with Gasteiger partial charge in [-0.25, -0.2) is 0 Å². The van der Waals surface area contributed by atoms with Crippen molar-refractivity contribution >= 4 is 17.5 Å². The molecule has 168 valence electrons. The van der Waals surface area contributed by atoms with Gasteiger partial charge in [-0.05, 0) is 55.6 Å². The smallest absolute Gasteiger partial charge is 0.248 e. The maximum absolute atomic E-state index is 12.8. The molecule has 0 saturated carbocycles. The van der Waals surface area contributed by atoms with Gasteiger partial charge in [0, 0.05) is 36.3 Å². The molecule has 3 rings (SSSR count). The van der Waals surface area contributed by atoms with Gasteiger partial charge in [-0.3, -0.25) is 4.79 Å². The second-order valence-electron chi connectivity index (χ2n) is 10.2. The van der Waals surface area contributed by atoms with Gasteiger partial charge in [0.1, 0.15) is 0 Å². The quantitative estimate of drug-likeness (QED) is 0.651. The molecule has 6 heteroatoms. The van der Waals surface area contributed by atoms with E-state index in [1.54, 1.807) is 0 Å². The van der Waals surface area contributed by atoms with Crippen LogP contribution >= 0.6 is 11.6 Å². The third kappa shape index (κ3) is 5.97. The highest BCUT2D eigenvalue weighted by molar-refractivity contribution is 6.29. The first-order chi connectivity index (χ1) is 14.2. The van der Waals surface area contributed by atoms with E-state index in [-0.39, 0.29) is 17.4 Å². The maximum atomic E-state index is 12.8. The predicted octanol–water partition coefficient (Wildman–Crippen LogP) is 4.34. The lowest BCUT2D eigenvalue weighted by atomic mass is 9.68. The Labute approximate surface area is 186 Å². The van der Waals surface area contributed by atoms with Crippen molar-refractivity contribution in [3.8, 4) is 0 Å². The molecule has 5 nitrogen and oxygen atoms in total. The number of rotatable bonds is 6. The van der Waals surface area contributed by atoms with Gasteiger partial charge in [0.15, 0.2) is 0 Å². The van der Waals surface area contributed by atoms with E-state index in [9.17, 15) is 10.0 Å². The van der Waals surface area contributed by atoms with Crippen LogP contribution in [-0.2, 0) is 4.79 Å². The molecule has 0 aromatic carbocycles. The summed E-state index contributed by atoms with van der Waals surface area (Å²) < 4.78 is 0. The fourth-order valence-electron chi connectivity index (χ4n) is 5.08. The highest BCUT2D eigenvalue weighted by Gasteiger charge is 2.38. The SMILES string of the molecule is CC(C)[C@H](CN1CCC(C2=CC=C(Cl)CC2)C(C)(C)C1)NC(=O)C1=CCCN(O)C1. The number of nitrogens with one attached hydrogen (secondary N) is 1. The fraction of sp³-hybridized carbons (Fsp3) is 0.708. The van der Waals surface area contributed by atoms with Crippen molar-refractivity contribution in [2.45, 2.75) is 59.4 Å². The Morgan fingerprint density at radius 3 is 2.67 bits per heavy atom. The Morgan fingerprint density at radius 1 is 1.30 bits per heavy atom. The molecule has 1 unspecified atom stereocenters. The van der Waals surface area contributed by atoms with Gasteiger partial charge in [0.25, 0.3) is 0 Å². The first-order valence-electron chi connectivity index (χ1n) is 11.4. The zero-order chi connectivity index (χ0) is 21.9. The molecule has 0 aromatic rings. The van der Waals surface area contributed by atoms with Crippen molar-refractivity contribution in [3.05, 3.63) is 34.4 Å². The number of nitrogens with zero attached hydrogens (tertiary/aromatic N) is 2. The number of piperidine rings is 1. The molecule has 0 spiro atoms. The number of carbonyl (C=O) groups is 1. The minimum Gasteiger partial charge on any atom is -0.348 e. The Balaban J connectivity index is 1.60. The monoisotopic (exact) mass is 435 g/mol. The van der Waals surface area contributed by atoms with Crippen LogP contribution in [0.15, 0.2) is 34.4 Å². The van der Waals surface area contributed by atoms with E-state index >= 15 is 0 Å². The molecule has 3 aliphatic rings. The van der Waals surface area contributed by atoms with Gasteiger partial charge in [-0.2, -0.15) is 5.06 Å². The van der Waals surface area contributed by atoms with Crippen LogP contribution in [0.2, 0.25) is 0 Å². The lowest BCUT2D eigenvalue weighted by Gasteiger charge is -2.47. The van der Waals surface area contributed by atoms with Crippen LogP contribution in [0.5, 0.6) is 0 Å². The third-order valence-corrected chi connectivity index (χ3v) is 7.20. The summed E-state index contributed by atoms with van der Waals surface area (Å²) in [6.07, 6.45) is 10.2. The first kappa shape index (κ1) is 23.5. The van der Waals surface area contributed by atoms with Crippen LogP contribution in [-0.4, -0.2) is 59.8 Å². The summed E-state index contributed by atoms with van der Waals surface area (Å²) in [6, 6.07) is 0.0930. The summed E-state index contributed by atoms with van der Waals surface area (Å²) in [5, 5.41) is 15.1. The second kappa shape index (κ2) is 9.99. The molecular formula is C24H38ClN3O2.